The summed E-state index contributed by atoms with van der Waals surface area (Å²) in [6.07, 6.45) is 2.01. The number of nitrogens with zero attached hydrogens (tertiary/aromatic N) is 4. The first-order valence-electron chi connectivity index (χ1n) is 4.90. The van der Waals surface area contributed by atoms with Crippen molar-refractivity contribution in [1.82, 2.24) is 14.6 Å². The van der Waals surface area contributed by atoms with E-state index >= 15 is 0 Å². The fourth-order valence-corrected chi connectivity index (χ4v) is 1.51. The van der Waals surface area contributed by atoms with Crippen molar-refractivity contribution in [3.05, 3.63) is 28.4 Å². The Morgan fingerprint density at radius 3 is 3.06 bits per heavy atom. The van der Waals surface area contributed by atoms with Gasteiger partial charge in [-0.25, -0.2) is 4.98 Å². The summed E-state index contributed by atoms with van der Waals surface area (Å²) in [5, 5.41) is 15.5. The molecule has 0 aliphatic heterocycles. The van der Waals surface area contributed by atoms with Gasteiger partial charge in [0.05, 0.1) is 6.61 Å². The van der Waals surface area contributed by atoms with Crippen LogP contribution in [0.4, 0.5) is 5.82 Å². The number of hydrogen-bond donors (Lipinski definition) is 0. The zero-order valence-corrected chi connectivity index (χ0v) is 10.3. The van der Waals surface area contributed by atoms with E-state index < -0.39 is 4.92 Å². The Labute approximate surface area is 105 Å². The van der Waals surface area contributed by atoms with E-state index in [0.29, 0.717) is 18.1 Å². The summed E-state index contributed by atoms with van der Waals surface area (Å²) in [5.74, 6) is 0.172. The van der Waals surface area contributed by atoms with Gasteiger partial charge in [0, 0.05) is 17.5 Å². The highest BCUT2D eigenvalue weighted by molar-refractivity contribution is 9.09. The third-order valence-electron chi connectivity index (χ3n) is 2.03. The van der Waals surface area contributed by atoms with Gasteiger partial charge in [-0.3, -0.25) is 0 Å². The minimum absolute atomic E-state index is 0.175. The summed E-state index contributed by atoms with van der Waals surface area (Å²) in [6, 6.07) is 3.27. The quantitative estimate of drug-likeness (QED) is 0.364. The topological polar surface area (TPSA) is 82.6 Å². The van der Waals surface area contributed by atoms with Gasteiger partial charge in [0.2, 0.25) is 5.65 Å². The molecule has 8 heteroatoms. The van der Waals surface area contributed by atoms with Crippen LogP contribution in [0.15, 0.2) is 18.3 Å². The molecule has 90 valence electrons. The van der Waals surface area contributed by atoms with Crippen LogP contribution in [-0.2, 0) is 0 Å². The number of rotatable bonds is 5. The SMILES string of the molecule is O=[N+]([O-])c1cnc2ccc(OCCCBr)nn12. The average Bonchev–Trinajstić information content (AvgIpc) is 2.72. The summed E-state index contributed by atoms with van der Waals surface area (Å²) in [6.45, 7) is 0.506. The molecule has 0 aliphatic carbocycles. The second kappa shape index (κ2) is 5.09. The van der Waals surface area contributed by atoms with Crippen LogP contribution >= 0.6 is 15.9 Å². The van der Waals surface area contributed by atoms with Crippen LogP contribution in [0.25, 0.3) is 5.65 Å². The minimum Gasteiger partial charge on any atom is -0.475 e. The minimum atomic E-state index is -0.532. The highest BCUT2D eigenvalue weighted by atomic mass is 79.9. The average molecular weight is 301 g/mol. The van der Waals surface area contributed by atoms with E-state index in [4.69, 9.17) is 4.74 Å². The highest BCUT2D eigenvalue weighted by Gasteiger charge is 2.16. The van der Waals surface area contributed by atoms with Crippen molar-refractivity contribution in [3.8, 4) is 5.88 Å². The largest absolute Gasteiger partial charge is 0.475 e. The zero-order chi connectivity index (χ0) is 12.3. The molecule has 2 rings (SSSR count). The number of imidazole rings is 1. The van der Waals surface area contributed by atoms with Crippen molar-refractivity contribution in [3.63, 3.8) is 0 Å². The van der Waals surface area contributed by atoms with Gasteiger partial charge in [-0.15, -0.1) is 0 Å². The number of hydrogen-bond acceptors (Lipinski definition) is 5. The lowest BCUT2D eigenvalue weighted by molar-refractivity contribution is -0.391. The lowest BCUT2D eigenvalue weighted by Crippen LogP contribution is -2.03. The Morgan fingerprint density at radius 2 is 2.35 bits per heavy atom. The summed E-state index contributed by atoms with van der Waals surface area (Å²) >= 11 is 3.28. The zero-order valence-electron chi connectivity index (χ0n) is 8.74. The van der Waals surface area contributed by atoms with Gasteiger partial charge in [0.25, 0.3) is 5.88 Å². The Morgan fingerprint density at radius 1 is 1.53 bits per heavy atom. The van der Waals surface area contributed by atoms with Gasteiger partial charge in [-0.2, -0.15) is 0 Å². The number of halogens is 1. The Hall–Kier alpha value is -1.70. The van der Waals surface area contributed by atoms with Crippen LogP contribution in [0.5, 0.6) is 5.88 Å². The third kappa shape index (κ3) is 2.52. The third-order valence-corrected chi connectivity index (χ3v) is 2.60. The van der Waals surface area contributed by atoms with E-state index in [0.717, 1.165) is 16.3 Å². The van der Waals surface area contributed by atoms with Gasteiger partial charge in [0.15, 0.2) is 0 Å². The number of fused-ring (bicyclic) bond motifs is 1. The first-order chi connectivity index (χ1) is 8.22. The predicted molar refractivity (Wildman–Crippen MR) is 63.5 cm³/mol. The molecule has 0 saturated heterocycles. The van der Waals surface area contributed by atoms with Crippen LogP contribution in [-0.4, -0.2) is 31.5 Å². The summed E-state index contributed by atoms with van der Waals surface area (Å²) < 4.78 is 6.50. The predicted octanol–water partition coefficient (Wildman–Crippen LogP) is 1.80. The molecule has 0 aromatic carbocycles. The van der Waals surface area contributed by atoms with Crippen LogP contribution in [0.2, 0.25) is 0 Å². The Balaban J connectivity index is 2.28. The monoisotopic (exact) mass is 300 g/mol. The molecular formula is C9H9BrN4O3. The van der Waals surface area contributed by atoms with Gasteiger partial charge in [-0.1, -0.05) is 20.4 Å². The normalized spacial score (nSPS) is 10.6. The fourth-order valence-electron chi connectivity index (χ4n) is 1.28. The molecule has 0 amide bonds. The molecule has 2 aromatic heterocycles. The number of nitro groups is 1. The molecule has 17 heavy (non-hydrogen) atoms. The van der Waals surface area contributed by atoms with Crippen molar-refractivity contribution in [1.29, 1.82) is 0 Å². The molecule has 0 atom stereocenters. The van der Waals surface area contributed by atoms with Crippen molar-refractivity contribution in [2.24, 2.45) is 0 Å². The first kappa shape index (κ1) is 11.8. The lowest BCUT2D eigenvalue weighted by atomic mass is 10.5. The van der Waals surface area contributed by atoms with E-state index in [9.17, 15) is 10.1 Å². The molecule has 2 aromatic rings. The molecular weight excluding hydrogens is 292 g/mol. The molecule has 0 spiro atoms. The standard InChI is InChI=1S/C9H9BrN4O3/c10-4-1-5-17-8-3-2-7-11-6-9(14(15)16)13(7)12-8/h2-3,6H,1,4-5H2. The van der Waals surface area contributed by atoms with Crippen LogP contribution in [0.3, 0.4) is 0 Å². The molecule has 0 radical (unpaired) electrons. The van der Waals surface area contributed by atoms with E-state index in [1.165, 1.54) is 6.20 Å². The second-order valence-electron chi connectivity index (χ2n) is 3.21. The maximum absolute atomic E-state index is 10.7. The molecule has 0 N–H and O–H groups in total. The first-order valence-corrected chi connectivity index (χ1v) is 6.02. The van der Waals surface area contributed by atoms with Crippen LogP contribution in [0, 0.1) is 10.1 Å². The Kier molecular flexibility index (Phi) is 3.52. The number of alkyl halides is 1. The van der Waals surface area contributed by atoms with E-state index in [2.05, 4.69) is 26.0 Å². The lowest BCUT2D eigenvalue weighted by Gasteiger charge is -2.01. The molecule has 7 nitrogen and oxygen atoms in total. The molecule has 0 aliphatic rings. The van der Waals surface area contributed by atoms with Crippen molar-refractivity contribution >= 4 is 27.4 Å². The highest BCUT2D eigenvalue weighted by Crippen LogP contribution is 2.15. The van der Waals surface area contributed by atoms with Crippen molar-refractivity contribution in [2.45, 2.75) is 6.42 Å². The maximum atomic E-state index is 10.7. The van der Waals surface area contributed by atoms with Gasteiger partial charge in [0.1, 0.15) is 6.20 Å². The fraction of sp³-hybridized carbons (Fsp3) is 0.333. The van der Waals surface area contributed by atoms with Gasteiger partial charge >= 0.3 is 5.82 Å². The van der Waals surface area contributed by atoms with Crippen molar-refractivity contribution < 1.29 is 9.66 Å². The molecule has 0 fully saturated rings. The smallest absolute Gasteiger partial charge is 0.368 e. The summed E-state index contributed by atoms with van der Waals surface area (Å²) in [7, 11) is 0. The summed E-state index contributed by atoms with van der Waals surface area (Å²) in [4.78, 5) is 14.0. The summed E-state index contributed by atoms with van der Waals surface area (Å²) in [5.41, 5.74) is 0.421. The maximum Gasteiger partial charge on any atom is 0.368 e. The van der Waals surface area contributed by atoms with Gasteiger partial charge in [-0.05, 0) is 16.4 Å². The molecule has 0 saturated carbocycles. The number of aromatic nitrogens is 3. The van der Waals surface area contributed by atoms with Crippen molar-refractivity contribution in [2.75, 3.05) is 11.9 Å². The molecule has 0 bridgehead atoms. The van der Waals surface area contributed by atoms with E-state index in [-0.39, 0.29) is 5.82 Å². The Bertz CT molecular complexity index is 542. The molecule has 0 unspecified atom stereocenters. The number of ether oxygens (including phenoxy) is 1. The van der Waals surface area contributed by atoms with Gasteiger partial charge < -0.3 is 14.9 Å². The van der Waals surface area contributed by atoms with E-state index in [1.807, 2.05) is 0 Å². The molecule has 2 heterocycles. The van der Waals surface area contributed by atoms with Crippen LogP contribution < -0.4 is 4.74 Å². The van der Waals surface area contributed by atoms with Crippen LogP contribution in [0.1, 0.15) is 6.42 Å². The van der Waals surface area contributed by atoms with E-state index in [1.54, 1.807) is 12.1 Å². The second-order valence-corrected chi connectivity index (χ2v) is 4.00.